The van der Waals surface area contributed by atoms with Crippen LogP contribution in [0, 0.1) is 0 Å². The van der Waals surface area contributed by atoms with Crippen LogP contribution in [0.1, 0.15) is 34.3 Å². The number of Topliss-reactive ketones (excluding diaryl/α,β-unsaturated/α-hetero) is 1. The molecule has 102 valence electrons. The molecular formula is C17H15ClO2. The first-order chi connectivity index (χ1) is 9.74. The van der Waals surface area contributed by atoms with Crippen molar-refractivity contribution in [1.29, 1.82) is 0 Å². The molecule has 0 aromatic heterocycles. The van der Waals surface area contributed by atoms with Gasteiger partial charge < -0.3 is 4.74 Å². The molecule has 2 aromatic rings. The van der Waals surface area contributed by atoms with Crippen LogP contribution in [0.2, 0.25) is 5.02 Å². The highest BCUT2D eigenvalue weighted by Gasteiger charge is 2.17. The fourth-order valence-corrected chi connectivity index (χ4v) is 2.68. The molecule has 0 spiro atoms. The molecule has 0 saturated carbocycles. The second-order valence-electron chi connectivity index (χ2n) is 4.98. The lowest BCUT2D eigenvalue weighted by molar-refractivity contribution is 0.0972. The lowest BCUT2D eigenvalue weighted by Crippen LogP contribution is -2.10. The Bertz CT molecular complexity index is 649. The van der Waals surface area contributed by atoms with Crippen molar-refractivity contribution in [2.45, 2.75) is 25.9 Å². The highest BCUT2D eigenvalue weighted by molar-refractivity contribution is 6.31. The lowest BCUT2D eigenvalue weighted by atomic mass is 9.90. The van der Waals surface area contributed by atoms with E-state index in [0.29, 0.717) is 18.1 Å². The quantitative estimate of drug-likeness (QED) is 0.834. The molecule has 1 aliphatic carbocycles. The van der Waals surface area contributed by atoms with E-state index in [1.54, 1.807) is 0 Å². The number of carbonyl (C=O) groups excluding carboxylic acids is 1. The van der Waals surface area contributed by atoms with Crippen LogP contribution in [0.25, 0.3) is 0 Å². The van der Waals surface area contributed by atoms with E-state index in [-0.39, 0.29) is 5.78 Å². The van der Waals surface area contributed by atoms with Gasteiger partial charge in [-0.3, -0.25) is 4.79 Å². The molecule has 0 fully saturated rings. The Morgan fingerprint density at radius 1 is 1.10 bits per heavy atom. The first-order valence-corrected chi connectivity index (χ1v) is 7.14. The smallest absolute Gasteiger partial charge is 0.163 e. The number of ether oxygens (including phenoxy) is 1. The van der Waals surface area contributed by atoms with E-state index in [2.05, 4.69) is 0 Å². The van der Waals surface area contributed by atoms with Gasteiger partial charge in [-0.1, -0.05) is 29.8 Å². The van der Waals surface area contributed by atoms with Gasteiger partial charge in [-0.25, -0.2) is 0 Å². The topological polar surface area (TPSA) is 26.3 Å². The largest absolute Gasteiger partial charge is 0.489 e. The van der Waals surface area contributed by atoms with Gasteiger partial charge in [0.25, 0.3) is 0 Å². The molecule has 0 unspecified atom stereocenters. The van der Waals surface area contributed by atoms with Crippen LogP contribution in [0.3, 0.4) is 0 Å². The molecule has 0 bridgehead atoms. The molecule has 1 aliphatic rings. The van der Waals surface area contributed by atoms with Gasteiger partial charge in [0.05, 0.1) is 0 Å². The predicted octanol–water partition coefficient (Wildman–Crippen LogP) is 4.44. The number of fused-ring (bicyclic) bond motifs is 1. The average molecular weight is 287 g/mol. The number of carbonyl (C=O) groups is 1. The molecule has 2 aromatic carbocycles. The van der Waals surface area contributed by atoms with E-state index in [0.717, 1.165) is 35.3 Å². The molecule has 0 radical (unpaired) electrons. The summed E-state index contributed by atoms with van der Waals surface area (Å²) in [6, 6.07) is 13.4. The van der Waals surface area contributed by atoms with E-state index in [4.69, 9.17) is 16.3 Å². The second kappa shape index (κ2) is 5.68. The van der Waals surface area contributed by atoms with Crippen molar-refractivity contribution in [3.8, 4) is 5.75 Å². The molecule has 0 N–H and O–H groups in total. The number of rotatable bonds is 3. The van der Waals surface area contributed by atoms with Crippen molar-refractivity contribution in [1.82, 2.24) is 0 Å². The standard InChI is InChI=1S/C17H15ClO2/c18-16-6-2-1-4-13(16)11-20-14-8-9-15-12(10-14)5-3-7-17(15)19/h1-2,4,6,8-10H,3,5,7,11H2. The van der Waals surface area contributed by atoms with Crippen LogP contribution in [0.4, 0.5) is 0 Å². The minimum atomic E-state index is 0.240. The van der Waals surface area contributed by atoms with Crippen molar-refractivity contribution in [2.75, 3.05) is 0 Å². The Balaban J connectivity index is 1.76. The van der Waals surface area contributed by atoms with Crippen LogP contribution in [-0.2, 0) is 13.0 Å². The van der Waals surface area contributed by atoms with Gasteiger partial charge in [0.1, 0.15) is 12.4 Å². The Morgan fingerprint density at radius 3 is 2.80 bits per heavy atom. The summed E-state index contributed by atoms with van der Waals surface area (Å²) >= 11 is 6.10. The van der Waals surface area contributed by atoms with Gasteiger partial charge >= 0.3 is 0 Å². The van der Waals surface area contributed by atoms with Gasteiger partial charge in [-0.2, -0.15) is 0 Å². The van der Waals surface area contributed by atoms with Crippen LogP contribution >= 0.6 is 11.6 Å². The SMILES string of the molecule is O=C1CCCc2cc(OCc3ccccc3Cl)ccc21. The minimum absolute atomic E-state index is 0.240. The summed E-state index contributed by atoms with van der Waals surface area (Å²) in [5.74, 6) is 1.03. The zero-order valence-electron chi connectivity index (χ0n) is 11.1. The maximum atomic E-state index is 11.8. The van der Waals surface area contributed by atoms with Crippen LogP contribution < -0.4 is 4.74 Å². The Morgan fingerprint density at radius 2 is 1.95 bits per heavy atom. The highest BCUT2D eigenvalue weighted by Crippen LogP contribution is 2.26. The van der Waals surface area contributed by atoms with Crippen molar-refractivity contribution in [2.24, 2.45) is 0 Å². The van der Waals surface area contributed by atoms with E-state index in [1.165, 1.54) is 0 Å². The Labute approximate surface area is 123 Å². The minimum Gasteiger partial charge on any atom is -0.489 e. The van der Waals surface area contributed by atoms with E-state index in [1.807, 2.05) is 42.5 Å². The number of ketones is 1. The number of aryl methyl sites for hydroxylation is 1. The van der Waals surface area contributed by atoms with Crippen molar-refractivity contribution in [3.05, 3.63) is 64.2 Å². The zero-order valence-corrected chi connectivity index (χ0v) is 11.8. The Hall–Kier alpha value is -1.80. The number of benzene rings is 2. The van der Waals surface area contributed by atoms with E-state index < -0.39 is 0 Å². The summed E-state index contributed by atoms with van der Waals surface area (Å²) in [6.45, 7) is 0.437. The summed E-state index contributed by atoms with van der Waals surface area (Å²) in [6.07, 6.45) is 2.54. The first kappa shape index (κ1) is 13.2. The van der Waals surface area contributed by atoms with Gasteiger partial charge in [0.15, 0.2) is 5.78 Å². The Kier molecular flexibility index (Phi) is 3.75. The summed E-state index contributed by atoms with van der Waals surface area (Å²) in [5.41, 5.74) is 2.90. The molecule has 2 nitrogen and oxygen atoms in total. The summed E-state index contributed by atoms with van der Waals surface area (Å²) in [5, 5.41) is 0.709. The fraction of sp³-hybridized carbons (Fsp3) is 0.235. The molecular weight excluding hydrogens is 272 g/mol. The number of hydrogen-bond donors (Lipinski definition) is 0. The van der Waals surface area contributed by atoms with Crippen molar-refractivity contribution < 1.29 is 9.53 Å². The molecule has 3 heteroatoms. The van der Waals surface area contributed by atoms with Gasteiger partial charge in [-0.05, 0) is 42.7 Å². The summed E-state index contributed by atoms with van der Waals surface area (Å²) in [4.78, 5) is 11.8. The van der Waals surface area contributed by atoms with Gasteiger partial charge in [0.2, 0.25) is 0 Å². The maximum Gasteiger partial charge on any atom is 0.163 e. The molecule has 0 heterocycles. The first-order valence-electron chi connectivity index (χ1n) is 6.76. The van der Waals surface area contributed by atoms with Gasteiger partial charge in [-0.15, -0.1) is 0 Å². The molecule has 20 heavy (non-hydrogen) atoms. The van der Waals surface area contributed by atoms with Crippen LogP contribution in [0.15, 0.2) is 42.5 Å². The van der Waals surface area contributed by atoms with Crippen molar-refractivity contribution in [3.63, 3.8) is 0 Å². The zero-order chi connectivity index (χ0) is 13.9. The third-order valence-corrected chi connectivity index (χ3v) is 3.95. The average Bonchev–Trinajstić information content (AvgIpc) is 2.46. The molecule has 0 saturated heterocycles. The second-order valence-corrected chi connectivity index (χ2v) is 5.38. The van der Waals surface area contributed by atoms with E-state index in [9.17, 15) is 4.79 Å². The molecule has 0 atom stereocenters. The maximum absolute atomic E-state index is 11.8. The fourth-order valence-electron chi connectivity index (χ4n) is 2.49. The normalized spacial score (nSPS) is 13.9. The third-order valence-electron chi connectivity index (χ3n) is 3.58. The van der Waals surface area contributed by atoms with Gasteiger partial charge in [0, 0.05) is 22.6 Å². The highest BCUT2D eigenvalue weighted by atomic mass is 35.5. The van der Waals surface area contributed by atoms with Crippen LogP contribution in [0.5, 0.6) is 5.75 Å². The third kappa shape index (κ3) is 2.70. The predicted molar refractivity (Wildman–Crippen MR) is 79.5 cm³/mol. The summed E-state index contributed by atoms with van der Waals surface area (Å²) in [7, 11) is 0. The lowest BCUT2D eigenvalue weighted by Gasteiger charge is -2.16. The molecule has 3 rings (SSSR count). The van der Waals surface area contributed by atoms with Crippen molar-refractivity contribution >= 4 is 17.4 Å². The van der Waals surface area contributed by atoms with E-state index >= 15 is 0 Å². The number of hydrogen-bond acceptors (Lipinski definition) is 2. The molecule has 0 aliphatic heterocycles. The van der Waals surface area contributed by atoms with Crippen LogP contribution in [-0.4, -0.2) is 5.78 Å². The molecule has 0 amide bonds. The number of halogens is 1. The monoisotopic (exact) mass is 286 g/mol. The summed E-state index contributed by atoms with van der Waals surface area (Å²) < 4.78 is 5.78.